The van der Waals surface area contributed by atoms with Crippen LogP contribution < -0.4 is 10.6 Å². The van der Waals surface area contributed by atoms with E-state index in [1.807, 2.05) is 24.0 Å². The summed E-state index contributed by atoms with van der Waals surface area (Å²) in [6.45, 7) is 4.53. The third-order valence-electron chi connectivity index (χ3n) is 2.85. The van der Waals surface area contributed by atoms with Gasteiger partial charge in [0.25, 0.3) is 0 Å². The molecule has 0 aromatic heterocycles. The van der Waals surface area contributed by atoms with Crippen molar-refractivity contribution in [1.29, 1.82) is 0 Å². The number of nitrogens with two attached hydrogens (primary N) is 1. The van der Waals surface area contributed by atoms with E-state index in [0.29, 0.717) is 0 Å². The fraction of sp³-hybridized carbons (Fsp3) is 0.417. The van der Waals surface area contributed by atoms with Crippen LogP contribution in [0.15, 0.2) is 18.2 Å². The number of nitrogens with zero attached hydrogens (tertiary/aromatic N) is 1. The van der Waals surface area contributed by atoms with E-state index >= 15 is 0 Å². The summed E-state index contributed by atoms with van der Waals surface area (Å²) in [5, 5.41) is 0. The summed E-state index contributed by atoms with van der Waals surface area (Å²) >= 11 is 0. The Labute approximate surface area is 89.9 Å². The fourth-order valence-electron chi connectivity index (χ4n) is 2.12. The van der Waals surface area contributed by atoms with E-state index in [1.165, 1.54) is 5.56 Å². The van der Waals surface area contributed by atoms with Crippen molar-refractivity contribution in [1.82, 2.24) is 0 Å². The first-order chi connectivity index (χ1) is 7.11. The van der Waals surface area contributed by atoms with Crippen molar-refractivity contribution in [2.24, 2.45) is 5.73 Å². The van der Waals surface area contributed by atoms with Gasteiger partial charge >= 0.3 is 0 Å². The Hall–Kier alpha value is -1.35. The van der Waals surface area contributed by atoms with E-state index in [0.717, 1.165) is 24.2 Å². The number of aryl methyl sites for hydroxylation is 1. The maximum absolute atomic E-state index is 11.9. The fourth-order valence-corrected chi connectivity index (χ4v) is 2.12. The van der Waals surface area contributed by atoms with Crippen molar-refractivity contribution < 1.29 is 4.79 Å². The monoisotopic (exact) mass is 204 g/mol. The maximum Gasteiger partial charge on any atom is 0.243 e. The Morgan fingerprint density at radius 3 is 2.93 bits per heavy atom. The molecule has 15 heavy (non-hydrogen) atoms. The first-order valence-electron chi connectivity index (χ1n) is 5.26. The first kappa shape index (κ1) is 10.2. The van der Waals surface area contributed by atoms with Gasteiger partial charge in [-0.25, -0.2) is 0 Å². The summed E-state index contributed by atoms with van der Waals surface area (Å²) in [5.41, 5.74) is 9.11. The number of carbonyl (C=O) groups excluding carboxylic acids is 1. The van der Waals surface area contributed by atoms with Gasteiger partial charge in [0.05, 0.1) is 6.04 Å². The van der Waals surface area contributed by atoms with Gasteiger partial charge in [-0.1, -0.05) is 18.2 Å². The molecule has 1 aliphatic heterocycles. The molecule has 80 valence electrons. The third kappa shape index (κ3) is 1.63. The second-order valence-corrected chi connectivity index (χ2v) is 4.11. The summed E-state index contributed by atoms with van der Waals surface area (Å²) in [6, 6.07) is 5.73. The topological polar surface area (TPSA) is 46.3 Å². The van der Waals surface area contributed by atoms with Gasteiger partial charge in [-0.05, 0) is 31.4 Å². The minimum Gasteiger partial charge on any atom is -0.320 e. The molecular formula is C12H16N2O. The number of fused-ring (bicyclic) bond motifs is 1. The second kappa shape index (κ2) is 3.66. The highest BCUT2D eigenvalue weighted by molar-refractivity contribution is 5.99. The molecule has 0 saturated carbocycles. The number of benzene rings is 1. The molecule has 1 aromatic rings. The Morgan fingerprint density at radius 2 is 2.27 bits per heavy atom. The number of rotatable bonds is 1. The number of hydrogen-bond donors (Lipinski definition) is 1. The van der Waals surface area contributed by atoms with E-state index in [2.05, 4.69) is 6.07 Å². The van der Waals surface area contributed by atoms with Crippen LogP contribution in [0.25, 0.3) is 0 Å². The Kier molecular flexibility index (Phi) is 2.49. The molecule has 2 N–H and O–H groups in total. The number of para-hydroxylation sites is 1. The van der Waals surface area contributed by atoms with Crippen LogP contribution in [0.3, 0.4) is 0 Å². The molecule has 3 heteroatoms. The predicted molar refractivity (Wildman–Crippen MR) is 60.9 cm³/mol. The minimum absolute atomic E-state index is 0.0167. The van der Waals surface area contributed by atoms with Crippen molar-refractivity contribution >= 4 is 11.6 Å². The van der Waals surface area contributed by atoms with Gasteiger partial charge < -0.3 is 10.6 Å². The van der Waals surface area contributed by atoms with Crippen LogP contribution in [-0.4, -0.2) is 18.5 Å². The third-order valence-corrected chi connectivity index (χ3v) is 2.85. The van der Waals surface area contributed by atoms with Gasteiger partial charge in [-0.3, -0.25) is 4.79 Å². The highest BCUT2D eigenvalue weighted by atomic mass is 16.2. The van der Waals surface area contributed by atoms with Gasteiger partial charge in [-0.15, -0.1) is 0 Å². The lowest BCUT2D eigenvalue weighted by Gasteiger charge is -2.21. The predicted octanol–water partition coefficient (Wildman–Crippen LogP) is 1.23. The van der Waals surface area contributed by atoms with Crippen LogP contribution in [0, 0.1) is 6.92 Å². The molecule has 3 nitrogen and oxygen atoms in total. The highest BCUT2D eigenvalue weighted by Crippen LogP contribution is 2.31. The Bertz CT molecular complexity index is 399. The molecule has 1 aliphatic rings. The molecule has 0 saturated heterocycles. The Morgan fingerprint density at radius 1 is 1.53 bits per heavy atom. The minimum atomic E-state index is -0.421. The molecule has 0 spiro atoms. The molecule has 1 aromatic carbocycles. The molecule has 1 amide bonds. The van der Waals surface area contributed by atoms with Crippen molar-refractivity contribution in [2.75, 3.05) is 11.4 Å². The lowest BCUT2D eigenvalue weighted by molar-refractivity contribution is -0.119. The van der Waals surface area contributed by atoms with Crippen LogP contribution in [0.4, 0.5) is 5.69 Å². The van der Waals surface area contributed by atoms with Crippen LogP contribution in [0.2, 0.25) is 0 Å². The van der Waals surface area contributed by atoms with E-state index < -0.39 is 6.04 Å². The van der Waals surface area contributed by atoms with Crippen molar-refractivity contribution in [2.45, 2.75) is 26.3 Å². The number of carbonyl (C=O) groups is 1. The smallest absolute Gasteiger partial charge is 0.243 e. The normalized spacial score (nSPS) is 16.3. The van der Waals surface area contributed by atoms with Gasteiger partial charge in [0.1, 0.15) is 0 Å². The molecule has 1 unspecified atom stereocenters. The summed E-state index contributed by atoms with van der Waals surface area (Å²) in [4.78, 5) is 13.7. The van der Waals surface area contributed by atoms with Gasteiger partial charge in [0.15, 0.2) is 0 Å². The van der Waals surface area contributed by atoms with Crippen molar-refractivity contribution in [3.05, 3.63) is 29.3 Å². The van der Waals surface area contributed by atoms with E-state index in [4.69, 9.17) is 5.73 Å². The van der Waals surface area contributed by atoms with Gasteiger partial charge in [-0.2, -0.15) is 0 Å². The average Bonchev–Trinajstić information content (AvgIpc) is 2.61. The van der Waals surface area contributed by atoms with Gasteiger partial charge in [0, 0.05) is 12.2 Å². The van der Waals surface area contributed by atoms with E-state index in [1.54, 1.807) is 6.92 Å². The zero-order chi connectivity index (χ0) is 11.0. The highest BCUT2D eigenvalue weighted by Gasteiger charge is 2.27. The molecule has 1 heterocycles. The van der Waals surface area contributed by atoms with E-state index in [-0.39, 0.29) is 5.91 Å². The molecule has 1 atom stereocenters. The first-order valence-corrected chi connectivity index (χ1v) is 5.26. The Balaban J connectivity index is 2.40. The summed E-state index contributed by atoms with van der Waals surface area (Å²) in [7, 11) is 0. The van der Waals surface area contributed by atoms with Crippen LogP contribution in [0.1, 0.15) is 18.1 Å². The number of hydrogen-bond acceptors (Lipinski definition) is 2. The van der Waals surface area contributed by atoms with Crippen LogP contribution >= 0.6 is 0 Å². The lowest BCUT2D eigenvalue weighted by Crippen LogP contribution is -2.41. The molecule has 0 fully saturated rings. The molecule has 2 rings (SSSR count). The number of anilines is 1. The van der Waals surface area contributed by atoms with Crippen molar-refractivity contribution in [3.8, 4) is 0 Å². The molecule has 0 bridgehead atoms. The summed E-state index contributed by atoms with van der Waals surface area (Å²) in [6.07, 6.45) is 0.940. The zero-order valence-corrected chi connectivity index (χ0v) is 9.16. The summed E-state index contributed by atoms with van der Waals surface area (Å²) in [5.74, 6) is 0.0167. The molecular weight excluding hydrogens is 188 g/mol. The summed E-state index contributed by atoms with van der Waals surface area (Å²) < 4.78 is 0. The quantitative estimate of drug-likeness (QED) is 0.748. The van der Waals surface area contributed by atoms with Gasteiger partial charge in [0.2, 0.25) is 5.91 Å². The largest absolute Gasteiger partial charge is 0.320 e. The van der Waals surface area contributed by atoms with E-state index in [9.17, 15) is 4.79 Å². The maximum atomic E-state index is 11.9. The second-order valence-electron chi connectivity index (χ2n) is 4.11. The zero-order valence-electron chi connectivity index (χ0n) is 9.16. The van der Waals surface area contributed by atoms with Crippen molar-refractivity contribution in [3.63, 3.8) is 0 Å². The number of amides is 1. The molecule has 0 aliphatic carbocycles. The standard InChI is InChI=1S/C12H16N2O/c1-8-4-3-5-10-6-7-14(11(8)10)12(15)9(2)13/h3-5,9H,6-7,13H2,1-2H3. The van der Waals surface area contributed by atoms with Crippen LogP contribution in [0.5, 0.6) is 0 Å². The SMILES string of the molecule is Cc1cccc2c1N(C(=O)C(C)N)CC2. The average molecular weight is 204 g/mol. The molecule has 0 radical (unpaired) electrons. The van der Waals surface area contributed by atoms with Crippen LogP contribution in [-0.2, 0) is 11.2 Å². The lowest BCUT2D eigenvalue weighted by atomic mass is 10.1.